The van der Waals surface area contributed by atoms with Crippen LogP contribution in [0.1, 0.15) is 54.9 Å². The van der Waals surface area contributed by atoms with E-state index in [9.17, 15) is 18.4 Å². The molecule has 0 saturated heterocycles. The highest BCUT2D eigenvalue weighted by atomic mass is 32.1. The summed E-state index contributed by atoms with van der Waals surface area (Å²) < 4.78 is 45.2. The number of para-hydroxylation sites is 1. The number of hydrogen-bond donors (Lipinski definition) is 2. The summed E-state index contributed by atoms with van der Waals surface area (Å²) in [5.41, 5.74) is 0.245. The molecule has 39 heavy (non-hydrogen) atoms. The molecule has 1 heterocycles. The molecule has 0 aliphatic carbocycles. The topological polar surface area (TPSA) is 107 Å². The van der Waals surface area contributed by atoms with Crippen LogP contribution in [-0.2, 0) is 9.53 Å². The van der Waals surface area contributed by atoms with Gasteiger partial charge in [-0.2, -0.15) is 0 Å². The molecular formula is C28H30F2N2O6S. The number of anilines is 1. The van der Waals surface area contributed by atoms with Gasteiger partial charge in [-0.05, 0) is 30.7 Å². The number of carboxylic acids is 1. The predicted octanol–water partition coefficient (Wildman–Crippen LogP) is 6.77. The Morgan fingerprint density at radius 3 is 2.46 bits per heavy atom. The summed E-state index contributed by atoms with van der Waals surface area (Å²) in [5, 5.41) is 13.5. The monoisotopic (exact) mass is 560 g/mol. The fourth-order valence-corrected chi connectivity index (χ4v) is 4.45. The number of carbonyl (C=O) groups is 2. The molecule has 8 nitrogen and oxygen atoms in total. The van der Waals surface area contributed by atoms with Crippen LogP contribution < -0.4 is 14.8 Å². The standard InChI is InChI=1S/C28H30F2N2O6S/c1-4-5-6-7-8-12-38-23-11-9-10-18(25(23)37-3)22-16-39-28(31-22)32-26(33)17-13-20(29)19(21(30)14-17)15-24(36-2)27(34)35/h9-11,13-16H,4-8,12H2,1-3H3,(H,34,35)(H,31,32,33)/b24-15-. The molecule has 11 heteroatoms. The molecule has 0 aliphatic rings. The number of rotatable bonds is 14. The molecule has 3 aromatic rings. The minimum atomic E-state index is -1.49. The zero-order valence-corrected chi connectivity index (χ0v) is 22.7. The number of unbranched alkanes of at least 4 members (excludes halogenated alkanes) is 4. The molecule has 0 aliphatic heterocycles. The average Bonchev–Trinajstić information content (AvgIpc) is 3.38. The minimum absolute atomic E-state index is 0.205. The van der Waals surface area contributed by atoms with Crippen molar-refractivity contribution in [3.8, 4) is 22.8 Å². The fraction of sp³-hybridized carbons (Fsp3) is 0.321. The molecule has 1 aromatic heterocycles. The molecule has 0 saturated carbocycles. The summed E-state index contributed by atoms with van der Waals surface area (Å²) in [6, 6.07) is 7.07. The first kappa shape index (κ1) is 29.6. The van der Waals surface area contributed by atoms with Gasteiger partial charge in [0.05, 0.1) is 26.5 Å². The molecule has 208 valence electrons. The van der Waals surface area contributed by atoms with Crippen molar-refractivity contribution in [1.82, 2.24) is 4.98 Å². The second kappa shape index (κ2) is 14.2. The van der Waals surface area contributed by atoms with Gasteiger partial charge in [-0.1, -0.05) is 38.7 Å². The quantitative estimate of drug-likeness (QED) is 0.127. The van der Waals surface area contributed by atoms with Crippen molar-refractivity contribution in [1.29, 1.82) is 0 Å². The Kier molecular flexibility index (Phi) is 10.8. The van der Waals surface area contributed by atoms with Crippen molar-refractivity contribution in [3.63, 3.8) is 0 Å². The van der Waals surface area contributed by atoms with Gasteiger partial charge in [0.15, 0.2) is 16.6 Å². The third-order valence-electron chi connectivity index (χ3n) is 5.74. The summed E-state index contributed by atoms with van der Waals surface area (Å²) in [7, 11) is 2.60. The first-order valence-electron chi connectivity index (χ1n) is 12.3. The minimum Gasteiger partial charge on any atom is -0.492 e. The van der Waals surface area contributed by atoms with Crippen molar-refractivity contribution in [3.05, 3.63) is 64.2 Å². The van der Waals surface area contributed by atoms with Crippen LogP contribution in [0.15, 0.2) is 41.5 Å². The summed E-state index contributed by atoms with van der Waals surface area (Å²) in [6.07, 6.45) is 6.29. The van der Waals surface area contributed by atoms with Gasteiger partial charge in [0.25, 0.3) is 5.91 Å². The number of nitrogens with zero attached hydrogens (tertiary/aromatic N) is 1. The molecule has 0 unspecified atom stereocenters. The molecular weight excluding hydrogens is 530 g/mol. The van der Waals surface area contributed by atoms with E-state index in [2.05, 4.69) is 22.0 Å². The van der Waals surface area contributed by atoms with Crippen LogP contribution in [0.3, 0.4) is 0 Å². The highest BCUT2D eigenvalue weighted by molar-refractivity contribution is 7.14. The van der Waals surface area contributed by atoms with Crippen molar-refractivity contribution >= 4 is 34.4 Å². The summed E-state index contributed by atoms with van der Waals surface area (Å²) >= 11 is 1.13. The van der Waals surface area contributed by atoms with E-state index in [-0.39, 0.29) is 10.7 Å². The number of carbonyl (C=O) groups excluding carboxylic acids is 1. The SMILES string of the molecule is CCCCCCCOc1cccc(-c2csc(NC(=O)c3cc(F)c(/C=C(\OC)C(=O)O)c(F)c3)n2)c1OC. The lowest BCUT2D eigenvalue weighted by molar-refractivity contribution is -0.135. The Morgan fingerprint density at radius 1 is 1.10 bits per heavy atom. The van der Waals surface area contributed by atoms with Crippen LogP contribution in [-0.4, -0.2) is 42.8 Å². The number of aromatic nitrogens is 1. The van der Waals surface area contributed by atoms with Crippen LogP contribution in [0.2, 0.25) is 0 Å². The second-order valence-corrected chi connectivity index (χ2v) is 9.32. The Balaban J connectivity index is 1.74. The van der Waals surface area contributed by atoms with Crippen LogP contribution in [0, 0.1) is 11.6 Å². The zero-order valence-electron chi connectivity index (χ0n) is 21.9. The molecule has 2 aromatic carbocycles. The van der Waals surface area contributed by atoms with Crippen LogP contribution >= 0.6 is 11.3 Å². The van der Waals surface area contributed by atoms with E-state index in [0.717, 1.165) is 43.4 Å². The van der Waals surface area contributed by atoms with Gasteiger partial charge in [0, 0.05) is 28.1 Å². The fourth-order valence-electron chi connectivity index (χ4n) is 3.75. The normalized spacial score (nSPS) is 11.3. The van der Waals surface area contributed by atoms with Gasteiger partial charge in [-0.25, -0.2) is 18.6 Å². The number of nitrogens with one attached hydrogen (secondary N) is 1. The van der Waals surface area contributed by atoms with Gasteiger partial charge < -0.3 is 19.3 Å². The zero-order chi connectivity index (χ0) is 28.4. The number of hydrogen-bond acceptors (Lipinski definition) is 7. The van der Waals surface area contributed by atoms with Crippen LogP contribution in [0.25, 0.3) is 17.3 Å². The third kappa shape index (κ3) is 7.76. The second-order valence-electron chi connectivity index (χ2n) is 8.46. The molecule has 0 spiro atoms. The van der Waals surface area contributed by atoms with Crippen LogP contribution in [0.5, 0.6) is 11.5 Å². The number of halogens is 2. The number of amides is 1. The maximum atomic E-state index is 14.5. The maximum absolute atomic E-state index is 14.5. The van der Waals surface area contributed by atoms with E-state index in [4.69, 9.17) is 14.6 Å². The predicted molar refractivity (Wildman–Crippen MR) is 145 cm³/mol. The molecule has 0 bridgehead atoms. The van der Waals surface area contributed by atoms with E-state index >= 15 is 0 Å². The van der Waals surface area contributed by atoms with Crippen molar-refractivity contribution in [2.75, 3.05) is 26.1 Å². The van der Waals surface area contributed by atoms with Gasteiger partial charge in [0.2, 0.25) is 5.76 Å². The van der Waals surface area contributed by atoms with Gasteiger partial charge in [-0.15, -0.1) is 11.3 Å². The largest absolute Gasteiger partial charge is 0.492 e. The highest BCUT2D eigenvalue weighted by Crippen LogP contribution is 2.39. The molecule has 3 rings (SSSR count). The number of aliphatic carboxylic acids is 1. The van der Waals surface area contributed by atoms with Crippen molar-refractivity contribution in [2.45, 2.75) is 39.0 Å². The van der Waals surface area contributed by atoms with Crippen molar-refractivity contribution < 1.29 is 37.7 Å². The van der Waals surface area contributed by atoms with Crippen LogP contribution in [0.4, 0.5) is 13.9 Å². The third-order valence-corrected chi connectivity index (χ3v) is 6.49. The summed E-state index contributed by atoms with van der Waals surface area (Å²) in [4.78, 5) is 28.2. The number of ether oxygens (including phenoxy) is 3. The van der Waals surface area contributed by atoms with E-state index in [1.165, 1.54) is 26.4 Å². The first-order valence-corrected chi connectivity index (χ1v) is 13.2. The van der Waals surface area contributed by atoms with Gasteiger partial charge in [0.1, 0.15) is 11.6 Å². The molecule has 1 amide bonds. The van der Waals surface area contributed by atoms with Gasteiger partial charge >= 0.3 is 5.97 Å². The van der Waals surface area contributed by atoms with E-state index < -0.39 is 34.8 Å². The molecule has 0 fully saturated rings. The molecule has 0 radical (unpaired) electrons. The van der Waals surface area contributed by atoms with Crippen molar-refractivity contribution in [2.24, 2.45) is 0 Å². The van der Waals surface area contributed by atoms with E-state index in [1.807, 2.05) is 18.2 Å². The number of benzene rings is 2. The van der Waals surface area contributed by atoms with E-state index in [0.29, 0.717) is 35.4 Å². The lowest BCUT2D eigenvalue weighted by Gasteiger charge is -2.13. The molecule has 2 N–H and O–H groups in total. The number of carboxylic acid groups (broad SMARTS) is 1. The Morgan fingerprint density at radius 2 is 1.82 bits per heavy atom. The Hall–Kier alpha value is -3.99. The Bertz CT molecular complexity index is 1320. The number of thiazole rings is 1. The lowest BCUT2D eigenvalue weighted by Crippen LogP contribution is -2.13. The van der Waals surface area contributed by atoms with Gasteiger partial charge in [-0.3, -0.25) is 10.1 Å². The smallest absolute Gasteiger partial charge is 0.371 e. The van der Waals surface area contributed by atoms with E-state index in [1.54, 1.807) is 5.38 Å². The summed E-state index contributed by atoms with van der Waals surface area (Å²) in [6.45, 7) is 2.73. The lowest BCUT2D eigenvalue weighted by atomic mass is 10.1. The summed E-state index contributed by atoms with van der Waals surface area (Å²) in [5.74, 6) is -4.08. The first-order chi connectivity index (χ1) is 18.8. The Labute approximate surface area is 229 Å². The number of methoxy groups -OCH3 is 2. The maximum Gasteiger partial charge on any atom is 0.371 e. The highest BCUT2D eigenvalue weighted by Gasteiger charge is 2.19. The average molecular weight is 561 g/mol. The molecule has 0 atom stereocenters.